The molecule has 0 radical (unpaired) electrons. The molecule has 0 saturated heterocycles. The van der Waals surface area contributed by atoms with Crippen LogP contribution in [0.15, 0.2) is 50.4 Å². The molecule has 22 heavy (non-hydrogen) atoms. The maximum atomic E-state index is 11.8. The molecule has 1 amide bonds. The van der Waals surface area contributed by atoms with Crippen LogP contribution in [0.1, 0.15) is 11.1 Å². The molecule has 4 nitrogen and oxygen atoms in total. The summed E-state index contributed by atoms with van der Waals surface area (Å²) in [5.41, 5.74) is 3.69. The summed E-state index contributed by atoms with van der Waals surface area (Å²) in [6.45, 7) is 0. The van der Waals surface area contributed by atoms with Gasteiger partial charge in [-0.05, 0) is 29.8 Å². The highest BCUT2D eigenvalue weighted by atomic mass is 79.9. The Morgan fingerprint density at radius 3 is 2.59 bits per heavy atom. The van der Waals surface area contributed by atoms with Crippen molar-refractivity contribution in [3.8, 4) is 5.75 Å². The summed E-state index contributed by atoms with van der Waals surface area (Å²) in [6, 6.07) is 10.7. The van der Waals surface area contributed by atoms with Gasteiger partial charge in [0.15, 0.2) is 0 Å². The van der Waals surface area contributed by atoms with E-state index in [-0.39, 0.29) is 23.1 Å². The summed E-state index contributed by atoms with van der Waals surface area (Å²) in [5, 5.41) is 13.8. The summed E-state index contributed by atoms with van der Waals surface area (Å²) in [6.07, 6.45) is 1.56. The van der Waals surface area contributed by atoms with E-state index in [1.165, 1.54) is 6.21 Å². The first-order chi connectivity index (χ1) is 10.5. The second-order valence-corrected chi connectivity index (χ2v) is 6.66. The topological polar surface area (TPSA) is 61.7 Å². The van der Waals surface area contributed by atoms with Gasteiger partial charge in [0.1, 0.15) is 5.75 Å². The van der Waals surface area contributed by atoms with Gasteiger partial charge in [0.05, 0.1) is 17.7 Å². The first kappa shape index (κ1) is 17.0. The maximum absolute atomic E-state index is 11.8. The molecule has 0 heterocycles. The predicted molar refractivity (Wildman–Crippen MR) is 94.4 cm³/mol. The van der Waals surface area contributed by atoms with E-state index in [0.29, 0.717) is 10.0 Å². The highest BCUT2D eigenvalue weighted by Gasteiger charge is 2.06. The van der Waals surface area contributed by atoms with Gasteiger partial charge in [0.25, 0.3) is 0 Å². The summed E-state index contributed by atoms with van der Waals surface area (Å²) in [5.74, 6) is -0.338. The lowest BCUT2D eigenvalue weighted by Gasteiger charge is -2.03. The standard InChI is InChI=1S/C15H11Br2ClN2O2/c16-11-3-1-9(2-4-11)5-14(21)20-19-8-10-6-12(17)7-13(18)15(10)22/h1-4,6-8,22H,5H2,(H,20,21)/b19-8+. The fraction of sp³-hybridized carbons (Fsp3) is 0.0667. The SMILES string of the molecule is O=C(Cc1ccc(Br)cc1)N/N=C/c1cc(Br)cc(Cl)c1O. The van der Waals surface area contributed by atoms with Crippen molar-refractivity contribution in [1.82, 2.24) is 5.43 Å². The molecule has 2 N–H and O–H groups in total. The number of aromatic hydroxyl groups is 1. The Morgan fingerprint density at radius 1 is 1.23 bits per heavy atom. The van der Waals surface area contributed by atoms with E-state index in [0.717, 1.165) is 10.0 Å². The van der Waals surface area contributed by atoms with Crippen LogP contribution < -0.4 is 5.43 Å². The van der Waals surface area contributed by atoms with E-state index in [2.05, 4.69) is 42.4 Å². The minimum atomic E-state index is -0.251. The maximum Gasteiger partial charge on any atom is 0.244 e. The van der Waals surface area contributed by atoms with Crippen LogP contribution in [0.2, 0.25) is 5.02 Å². The molecular weight excluding hydrogens is 435 g/mol. The summed E-state index contributed by atoms with van der Waals surface area (Å²) < 4.78 is 1.66. The lowest BCUT2D eigenvalue weighted by molar-refractivity contribution is -0.120. The van der Waals surface area contributed by atoms with E-state index < -0.39 is 0 Å². The number of phenolic OH excluding ortho intramolecular Hbond substituents is 1. The Hall–Kier alpha value is -1.37. The zero-order chi connectivity index (χ0) is 16.1. The van der Waals surface area contributed by atoms with Crippen LogP contribution in [0.4, 0.5) is 0 Å². The van der Waals surface area contributed by atoms with Gasteiger partial charge in [-0.15, -0.1) is 0 Å². The van der Waals surface area contributed by atoms with Crippen LogP contribution in [0.5, 0.6) is 5.75 Å². The number of nitrogens with zero attached hydrogens (tertiary/aromatic N) is 1. The lowest BCUT2D eigenvalue weighted by atomic mass is 10.1. The number of benzene rings is 2. The van der Waals surface area contributed by atoms with Crippen molar-refractivity contribution in [1.29, 1.82) is 0 Å². The van der Waals surface area contributed by atoms with Gasteiger partial charge in [-0.2, -0.15) is 5.10 Å². The Morgan fingerprint density at radius 2 is 1.91 bits per heavy atom. The Labute approximate surface area is 149 Å². The number of hydrazone groups is 1. The fourth-order valence-electron chi connectivity index (χ4n) is 1.69. The molecule has 0 aliphatic heterocycles. The lowest BCUT2D eigenvalue weighted by Crippen LogP contribution is -2.19. The number of hydrogen-bond donors (Lipinski definition) is 2. The molecular formula is C15H11Br2ClN2O2. The number of amides is 1. The molecule has 2 aromatic rings. The van der Waals surface area contributed by atoms with Gasteiger partial charge in [-0.25, -0.2) is 5.43 Å². The van der Waals surface area contributed by atoms with E-state index in [1.54, 1.807) is 12.1 Å². The molecule has 0 aliphatic rings. The molecule has 0 bridgehead atoms. The summed E-state index contributed by atoms with van der Waals surface area (Å²) in [7, 11) is 0. The van der Waals surface area contributed by atoms with E-state index in [1.807, 2.05) is 24.3 Å². The number of phenols is 1. The van der Waals surface area contributed by atoms with Crippen molar-refractivity contribution in [2.45, 2.75) is 6.42 Å². The molecule has 7 heteroatoms. The van der Waals surface area contributed by atoms with Gasteiger partial charge >= 0.3 is 0 Å². The van der Waals surface area contributed by atoms with Crippen molar-refractivity contribution in [2.75, 3.05) is 0 Å². The Kier molecular flexibility index (Phi) is 5.99. The molecule has 114 valence electrons. The van der Waals surface area contributed by atoms with Gasteiger partial charge in [-0.1, -0.05) is 55.6 Å². The van der Waals surface area contributed by atoms with E-state index >= 15 is 0 Å². The number of carbonyl (C=O) groups excluding carboxylic acids is 1. The normalized spacial score (nSPS) is 10.9. The van der Waals surface area contributed by atoms with Crippen LogP contribution in [-0.4, -0.2) is 17.2 Å². The summed E-state index contributed by atoms with van der Waals surface area (Å²) in [4.78, 5) is 11.8. The molecule has 0 aromatic heterocycles. The monoisotopic (exact) mass is 444 g/mol. The Bertz CT molecular complexity index is 718. The first-order valence-corrected chi connectivity index (χ1v) is 8.16. The number of halogens is 3. The second-order valence-electron chi connectivity index (χ2n) is 4.42. The predicted octanol–water partition coefficient (Wildman–Crippen LogP) is 4.26. The third kappa shape index (κ3) is 4.83. The molecule has 0 saturated carbocycles. The average molecular weight is 447 g/mol. The van der Waals surface area contributed by atoms with Crippen molar-refractivity contribution in [2.24, 2.45) is 5.10 Å². The van der Waals surface area contributed by atoms with Crippen LogP contribution in [0.3, 0.4) is 0 Å². The summed E-state index contributed by atoms with van der Waals surface area (Å²) >= 11 is 12.5. The average Bonchev–Trinajstić information content (AvgIpc) is 2.46. The van der Waals surface area contributed by atoms with Crippen LogP contribution in [0.25, 0.3) is 0 Å². The fourth-order valence-corrected chi connectivity index (χ4v) is 2.78. The number of carbonyl (C=O) groups is 1. The zero-order valence-corrected chi connectivity index (χ0v) is 15.1. The highest BCUT2D eigenvalue weighted by molar-refractivity contribution is 9.10. The second kappa shape index (κ2) is 7.76. The van der Waals surface area contributed by atoms with Gasteiger partial charge < -0.3 is 5.11 Å². The van der Waals surface area contributed by atoms with E-state index in [4.69, 9.17) is 11.6 Å². The number of rotatable bonds is 4. The quantitative estimate of drug-likeness (QED) is 0.545. The Balaban J connectivity index is 1.97. The van der Waals surface area contributed by atoms with Crippen molar-refractivity contribution in [3.63, 3.8) is 0 Å². The largest absolute Gasteiger partial charge is 0.506 e. The number of hydrogen-bond acceptors (Lipinski definition) is 3. The zero-order valence-electron chi connectivity index (χ0n) is 11.2. The van der Waals surface area contributed by atoms with Gasteiger partial charge in [0.2, 0.25) is 5.91 Å². The van der Waals surface area contributed by atoms with Crippen molar-refractivity contribution in [3.05, 3.63) is 61.5 Å². The molecule has 0 fully saturated rings. The first-order valence-electron chi connectivity index (χ1n) is 6.20. The smallest absolute Gasteiger partial charge is 0.244 e. The number of nitrogens with one attached hydrogen (secondary N) is 1. The third-order valence-electron chi connectivity index (χ3n) is 2.73. The highest BCUT2D eigenvalue weighted by Crippen LogP contribution is 2.30. The van der Waals surface area contributed by atoms with Crippen molar-refractivity contribution >= 4 is 55.6 Å². The minimum Gasteiger partial charge on any atom is -0.506 e. The third-order valence-corrected chi connectivity index (χ3v) is 4.00. The van der Waals surface area contributed by atoms with Crippen LogP contribution in [0, 0.1) is 0 Å². The molecule has 0 spiro atoms. The minimum absolute atomic E-state index is 0.0872. The van der Waals surface area contributed by atoms with Gasteiger partial charge in [0, 0.05) is 14.5 Å². The van der Waals surface area contributed by atoms with Gasteiger partial charge in [-0.3, -0.25) is 4.79 Å². The van der Waals surface area contributed by atoms with Crippen LogP contribution >= 0.6 is 43.5 Å². The molecule has 2 rings (SSSR count). The van der Waals surface area contributed by atoms with E-state index in [9.17, 15) is 9.90 Å². The molecule has 0 unspecified atom stereocenters. The molecule has 0 atom stereocenters. The van der Waals surface area contributed by atoms with Crippen LogP contribution in [-0.2, 0) is 11.2 Å². The molecule has 2 aromatic carbocycles. The molecule has 0 aliphatic carbocycles. The van der Waals surface area contributed by atoms with Crippen molar-refractivity contribution < 1.29 is 9.90 Å².